The van der Waals surface area contributed by atoms with Crippen LogP contribution in [0.5, 0.6) is 5.75 Å². The minimum Gasteiger partial charge on any atom is -0.497 e. The maximum absolute atomic E-state index is 13.0. The maximum Gasteiger partial charge on any atom is 0.248 e. The summed E-state index contributed by atoms with van der Waals surface area (Å²) < 4.78 is 25.8. The number of methoxy groups -OCH3 is 1. The highest BCUT2D eigenvalue weighted by molar-refractivity contribution is 7.82. The smallest absolute Gasteiger partial charge is 0.248 e. The number of aryl methyl sites for hydroxylation is 2. The van der Waals surface area contributed by atoms with Crippen LogP contribution in [-0.2, 0) is 20.5 Å². The van der Waals surface area contributed by atoms with Crippen LogP contribution >= 0.6 is 0 Å². The summed E-state index contributed by atoms with van der Waals surface area (Å²) in [6.07, 6.45) is 3.34. The third kappa shape index (κ3) is 7.73. The van der Waals surface area contributed by atoms with Crippen molar-refractivity contribution in [2.75, 3.05) is 80.7 Å². The molecule has 2 aliphatic rings. The van der Waals surface area contributed by atoms with Crippen molar-refractivity contribution in [3.63, 3.8) is 0 Å². The summed E-state index contributed by atoms with van der Waals surface area (Å²) in [5.41, 5.74) is 1.87. The normalized spacial score (nSPS) is 22.5. The molecule has 0 bridgehead atoms. The lowest BCUT2D eigenvalue weighted by Gasteiger charge is -2.34. The van der Waals surface area contributed by atoms with Gasteiger partial charge in [0.25, 0.3) is 0 Å². The molecule has 9 heteroatoms. The summed E-state index contributed by atoms with van der Waals surface area (Å²) in [4.78, 5) is 20.4. The molecule has 1 aromatic carbocycles. The van der Waals surface area contributed by atoms with Crippen molar-refractivity contribution in [2.45, 2.75) is 44.0 Å². The number of likely N-dealkylation sites (N-methyl/N-ethyl adjacent to an activating group) is 3. The van der Waals surface area contributed by atoms with Crippen LogP contribution in [-0.4, -0.2) is 116 Å². The Labute approximate surface area is 214 Å². The Bertz CT molecular complexity index is 852. The first-order valence-electron chi connectivity index (χ1n) is 12.7. The Balaban J connectivity index is 1.37. The quantitative estimate of drug-likeness (QED) is 0.427. The van der Waals surface area contributed by atoms with Gasteiger partial charge in [-0.2, -0.15) is 0 Å². The zero-order chi connectivity index (χ0) is 25.5. The second kappa shape index (κ2) is 13.1. The average molecular weight is 509 g/mol. The predicted octanol–water partition coefficient (Wildman–Crippen LogP) is 2.16. The van der Waals surface area contributed by atoms with Crippen LogP contribution in [0, 0.1) is 19.8 Å². The Morgan fingerprint density at radius 2 is 1.77 bits per heavy atom. The molecule has 1 aromatic rings. The van der Waals surface area contributed by atoms with E-state index in [1.54, 1.807) is 11.4 Å². The summed E-state index contributed by atoms with van der Waals surface area (Å²) in [5.74, 6) is 1.47. The molecule has 198 valence electrons. The van der Waals surface area contributed by atoms with Crippen molar-refractivity contribution >= 4 is 16.9 Å². The molecule has 8 nitrogen and oxygen atoms in total. The molecule has 1 heterocycles. The molecule has 1 amide bonds. The number of rotatable bonds is 11. The van der Waals surface area contributed by atoms with E-state index in [1.165, 1.54) is 6.42 Å². The zero-order valence-corrected chi connectivity index (χ0v) is 23.2. The third-order valence-corrected chi connectivity index (χ3v) is 9.21. The first-order chi connectivity index (χ1) is 16.7. The highest BCUT2D eigenvalue weighted by atomic mass is 32.2. The van der Waals surface area contributed by atoms with Crippen molar-refractivity contribution in [3.05, 3.63) is 23.3 Å². The molecule has 1 aliphatic carbocycles. The lowest BCUT2D eigenvalue weighted by molar-refractivity contribution is -0.136. The standard InChI is InChI=1S/C26H44N4O4S/c1-20-15-24(33-6)16-21(2)26(20)35(32)28(4)13-14-34-19-25(31)29(5)23-8-7-22(17-23)18-30-11-9-27(3)10-12-30/h15-16,22-23H,7-14,17-19H2,1-6H3/t22-,23+,35?/m1/s1. The molecule has 35 heavy (non-hydrogen) atoms. The summed E-state index contributed by atoms with van der Waals surface area (Å²) >= 11 is 0. The van der Waals surface area contributed by atoms with Gasteiger partial charge in [0.1, 0.15) is 23.3 Å². The van der Waals surface area contributed by atoms with Crippen LogP contribution in [0.15, 0.2) is 17.0 Å². The van der Waals surface area contributed by atoms with Gasteiger partial charge in [0, 0.05) is 59.4 Å². The molecular weight excluding hydrogens is 464 g/mol. The van der Waals surface area contributed by atoms with Crippen molar-refractivity contribution in [1.29, 1.82) is 0 Å². The molecule has 0 N–H and O–H groups in total. The van der Waals surface area contributed by atoms with E-state index in [-0.39, 0.29) is 12.5 Å². The molecule has 1 saturated carbocycles. The van der Waals surface area contributed by atoms with E-state index in [1.807, 2.05) is 45.0 Å². The lowest BCUT2D eigenvalue weighted by Crippen LogP contribution is -2.46. The van der Waals surface area contributed by atoms with Gasteiger partial charge < -0.3 is 24.2 Å². The number of ether oxygens (including phenoxy) is 2. The van der Waals surface area contributed by atoms with Gasteiger partial charge in [-0.3, -0.25) is 4.79 Å². The molecule has 0 spiro atoms. The van der Waals surface area contributed by atoms with Crippen LogP contribution < -0.4 is 4.74 Å². The fourth-order valence-corrected chi connectivity index (χ4v) is 6.38. The summed E-state index contributed by atoms with van der Waals surface area (Å²) in [6, 6.07) is 4.11. The molecule has 2 fully saturated rings. The summed E-state index contributed by atoms with van der Waals surface area (Å²) in [5, 5.41) is 0. The lowest BCUT2D eigenvalue weighted by atomic mass is 10.1. The largest absolute Gasteiger partial charge is 0.497 e. The van der Waals surface area contributed by atoms with Crippen molar-refractivity contribution < 1.29 is 18.5 Å². The fraction of sp³-hybridized carbons (Fsp3) is 0.731. The van der Waals surface area contributed by atoms with Crippen molar-refractivity contribution in [1.82, 2.24) is 19.0 Å². The second-order valence-electron chi connectivity index (χ2n) is 10.2. The van der Waals surface area contributed by atoms with Crippen LogP contribution in [0.4, 0.5) is 0 Å². The fourth-order valence-electron chi connectivity index (χ4n) is 5.16. The number of carbonyl (C=O) groups excluding carboxylic acids is 1. The van der Waals surface area contributed by atoms with E-state index < -0.39 is 11.0 Å². The molecule has 1 saturated heterocycles. The highest BCUT2D eigenvalue weighted by Gasteiger charge is 2.31. The van der Waals surface area contributed by atoms with Crippen molar-refractivity contribution in [3.8, 4) is 5.75 Å². The molecule has 0 radical (unpaired) electrons. The average Bonchev–Trinajstić information content (AvgIpc) is 3.30. The SMILES string of the molecule is COc1cc(C)c(S(=O)N(C)CCOCC(=O)N(C)[C@H]2CC[C@@H](CN3CCN(C)CC3)C2)c(C)c1. The Morgan fingerprint density at radius 3 is 2.40 bits per heavy atom. The van der Waals surface area contributed by atoms with Gasteiger partial charge in [0.15, 0.2) is 0 Å². The number of carbonyl (C=O) groups is 1. The van der Waals surface area contributed by atoms with Crippen LogP contribution in [0.25, 0.3) is 0 Å². The predicted molar refractivity (Wildman–Crippen MR) is 140 cm³/mol. The Morgan fingerprint density at radius 1 is 1.11 bits per heavy atom. The number of piperazine rings is 1. The second-order valence-corrected chi connectivity index (χ2v) is 11.7. The number of amides is 1. The van der Waals surface area contributed by atoms with Crippen LogP contribution in [0.2, 0.25) is 0 Å². The Kier molecular flexibility index (Phi) is 10.5. The topological polar surface area (TPSA) is 65.6 Å². The Hall–Kier alpha value is -1.52. The minimum absolute atomic E-state index is 0.0286. The number of benzene rings is 1. The monoisotopic (exact) mass is 508 g/mol. The van der Waals surface area contributed by atoms with E-state index >= 15 is 0 Å². The molecule has 3 atom stereocenters. The summed E-state index contributed by atoms with van der Waals surface area (Å²) in [7, 11) is 6.24. The number of hydrogen-bond acceptors (Lipinski definition) is 6. The number of nitrogens with zero attached hydrogens (tertiary/aromatic N) is 4. The van der Waals surface area contributed by atoms with Gasteiger partial charge in [-0.05, 0) is 69.3 Å². The van der Waals surface area contributed by atoms with E-state index in [4.69, 9.17) is 9.47 Å². The third-order valence-electron chi connectivity index (χ3n) is 7.47. The first-order valence-corrected chi connectivity index (χ1v) is 13.8. The van der Waals surface area contributed by atoms with Gasteiger partial charge in [0.05, 0.1) is 18.6 Å². The van der Waals surface area contributed by atoms with Crippen LogP contribution in [0.3, 0.4) is 0 Å². The highest BCUT2D eigenvalue weighted by Crippen LogP contribution is 2.30. The molecule has 1 unspecified atom stereocenters. The van der Waals surface area contributed by atoms with Gasteiger partial charge in [0.2, 0.25) is 5.91 Å². The van der Waals surface area contributed by atoms with E-state index in [9.17, 15) is 9.00 Å². The molecule has 3 rings (SSSR count). The zero-order valence-electron chi connectivity index (χ0n) is 22.4. The van der Waals surface area contributed by atoms with Gasteiger partial charge in [-0.1, -0.05) is 0 Å². The minimum atomic E-state index is -1.30. The van der Waals surface area contributed by atoms with Gasteiger partial charge >= 0.3 is 0 Å². The van der Waals surface area contributed by atoms with Gasteiger partial charge in [-0.15, -0.1) is 0 Å². The number of hydrogen-bond donors (Lipinski definition) is 0. The first kappa shape index (κ1) is 28.1. The summed E-state index contributed by atoms with van der Waals surface area (Å²) in [6.45, 7) is 10.5. The maximum atomic E-state index is 13.0. The van der Waals surface area contributed by atoms with E-state index in [2.05, 4.69) is 16.8 Å². The van der Waals surface area contributed by atoms with Gasteiger partial charge in [-0.25, -0.2) is 8.51 Å². The molecular formula is C26H44N4O4S. The van der Waals surface area contributed by atoms with E-state index in [0.29, 0.717) is 25.1 Å². The van der Waals surface area contributed by atoms with E-state index in [0.717, 1.165) is 67.3 Å². The molecule has 1 aliphatic heterocycles. The van der Waals surface area contributed by atoms with Crippen LogP contribution in [0.1, 0.15) is 30.4 Å². The molecule has 0 aromatic heterocycles. The van der Waals surface area contributed by atoms with Crippen molar-refractivity contribution in [2.24, 2.45) is 5.92 Å².